The molecule has 0 saturated heterocycles. The van der Waals surface area contributed by atoms with Crippen LogP contribution >= 0.6 is 0 Å². The highest BCUT2D eigenvalue weighted by Crippen LogP contribution is 2.38. The molecule has 0 N–H and O–H groups in total. The van der Waals surface area contributed by atoms with Crippen molar-refractivity contribution in [2.45, 2.75) is 92.9 Å². The minimum Gasteiger partial charge on any atom is -0.0623 e. The first-order valence-electron chi connectivity index (χ1n) is 20.2. The Morgan fingerprint density at radius 2 is 0.704 bits per heavy atom. The summed E-state index contributed by atoms with van der Waals surface area (Å²) in [6.07, 6.45) is 5.90. The summed E-state index contributed by atoms with van der Waals surface area (Å²) in [6, 6.07) is 56.0. The van der Waals surface area contributed by atoms with Crippen LogP contribution in [-0.2, 0) is 0 Å². The molecule has 4 atom stereocenters. The maximum absolute atomic E-state index is 2.38. The molecular weight excluding hydrogens is 649 g/mol. The molecule has 1 aliphatic carbocycles. The normalized spacial score (nSPS) is 16.1. The highest BCUT2D eigenvalue weighted by Gasteiger charge is 2.17. The Labute approximate surface area is 327 Å². The molecule has 1 saturated carbocycles. The molecule has 7 aromatic rings. The van der Waals surface area contributed by atoms with Crippen LogP contribution in [0.3, 0.4) is 0 Å². The predicted molar refractivity (Wildman–Crippen MR) is 239 cm³/mol. The van der Waals surface area contributed by atoms with Gasteiger partial charge in [-0.1, -0.05) is 211 Å². The van der Waals surface area contributed by atoms with Crippen LogP contribution in [-0.4, -0.2) is 0 Å². The van der Waals surface area contributed by atoms with E-state index in [0.29, 0.717) is 11.8 Å². The minimum absolute atomic E-state index is 0.559. The van der Waals surface area contributed by atoms with Crippen LogP contribution in [0, 0.1) is 39.5 Å². The molecule has 0 heterocycles. The van der Waals surface area contributed by atoms with Crippen molar-refractivity contribution in [1.82, 2.24) is 0 Å². The van der Waals surface area contributed by atoms with Crippen molar-refractivity contribution in [2.75, 3.05) is 0 Å². The van der Waals surface area contributed by atoms with Gasteiger partial charge < -0.3 is 0 Å². The van der Waals surface area contributed by atoms with Gasteiger partial charge in [-0.15, -0.1) is 0 Å². The molecule has 0 aliphatic heterocycles. The summed E-state index contributed by atoms with van der Waals surface area (Å²) in [4.78, 5) is 0. The maximum Gasteiger partial charge on any atom is -0.00672 e. The highest BCUT2D eigenvalue weighted by molar-refractivity contribution is 6.07. The van der Waals surface area contributed by atoms with E-state index in [1.165, 1.54) is 91.7 Å². The molecule has 1 aliphatic rings. The standard InChI is InChI=1S/C22H18.C16H18.C8H16.C8H10/c1-15-11-13-17-7-3-5-9-19(17)21(15)22-16(2)12-14-18-8-4-6-10-20(18)22;1-13(15-9-5-3-6-10-15)14(2)16-11-7-4-8-12-16;2*1-7-5-3-4-6-8(7)2/h3-14H,1-2H3;3-14H,1-2H3;7-8H,3-6H2,1-2H3;3-6H,1-2H3. The fourth-order valence-corrected chi connectivity index (χ4v) is 7.68. The third kappa shape index (κ3) is 10.6. The van der Waals surface area contributed by atoms with Crippen molar-refractivity contribution in [3.63, 3.8) is 0 Å². The monoisotopic (exact) mass is 710 g/mol. The van der Waals surface area contributed by atoms with Crippen LogP contribution in [0.15, 0.2) is 158 Å². The number of aryl methyl sites for hydroxylation is 4. The van der Waals surface area contributed by atoms with Gasteiger partial charge >= 0.3 is 0 Å². The highest BCUT2D eigenvalue weighted by atomic mass is 14.2. The Bertz CT molecular complexity index is 2020. The number of fused-ring (bicyclic) bond motifs is 2. The molecule has 8 rings (SSSR count). The van der Waals surface area contributed by atoms with Gasteiger partial charge in [-0.25, -0.2) is 0 Å². The Kier molecular flexibility index (Phi) is 14.9. The summed E-state index contributed by atoms with van der Waals surface area (Å²) >= 11 is 0. The summed E-state index contributed by atoms with van der Waals surface area (Å²) < 4.78 is 0. The van der Waals surface area contributed by atoms with E-state index in [-0.39, 0.29) is 0 Å². The van der Waals surface area contributed by atoms with Gasteiger partial charge in [-0.3, -0.25) is 0 Å². The largest absolute Gasteiger partial charge is 0.0623 e. The molecule has 0 bridgehead atoms. The van der Waals surface area contributed by atoms with Crippen LogP contribution in [0.4, 0.5) is 0 Å². The lowest BCUT2D eigenvalue weighted by Gasteiger charge is -2.24. The Morgan fingerprint density at radius 1 is 0.370 bits per heavy atom. The van der Waals surface area contributed by atoms with Crippen LogP contribution in [0.2, 0.25) is 0 Å². The van der Waals surface area contributed by atoms with Gasteiger partial charge in [-0.2, -0.15) is 0 Å². The summed E-state index contributed by atoms with van der Waals surface area (Å²) in [6.45, 7) is 18.0. The molecule has 0 aromatic heterocycles. The molecule has 0 radical (unpaired) electrons. The lowest BCUT2D eigenvalue weighted by molar-refractivity contribution is 0.277. The average molecular weight is 711 g/mol. The van der Waals surface area contributed by atoms with Crippen molar-refractivity contribution in [3.05, 3.63) is 191 Å². The first kappa shape index (κ1) is 40.2. The smallest absolute Gasteiger partial charge is 0.00672 e. The summed E-state index contributed by atoms with van der Waals surface area (Å²) in [7, 11) is 0. The van der Waals surface area contributed by atoms with E-state index in [1.807, 2.05) is 0 Å². The van der Waals surface area contributed by atoms with Crippen LogP contribution in [0.25, 0.3) is 32.7 Å². The first-order chi connectivity index (χ1) is 26.2. The second kappa shape index (κ2) is 19.9. The minimum atomic E-state index is 0.559. The third-order valence-electron chi connectivity index (χ3n) is 11.9. The van der Waals surface area contributed by atoms with Gasteiger partial charge in [0, 0.05) is 0 Å². The molecule has 4 unspecified atom stereocenters. The lowest BCUT2D eigenvalue weighted by atomic mass is 9.82. The molecule has 7 aromatic carbocycles. The van der Waals surface area contributed by atoms with E-state index in [0.717, 1.165) is 11.8 Å². The molecule has 54 heavy (non-hydrogen) atoms. The van der Waals surface area contributed by atoms with E-state index in [9.17, 15) is 0 Å². The molecule has 1 fully saturated rings. The quantitative estimate of drug-likeness (QED) is 0.171. The topological polar surface area (TPSA) is 0 Å². The second-order valence-corrected chi connectivity index (χ2v) is 15.7. The van der Waals surface area contributed by atoms with E-state index < -0.39 is 0 Å². The number of hydrogen-bond donors (Lipinski definition) is 0. The van der Waals surface area contributed by atoms with Gasteiger partial charge in [0.15, 0.2) is 0 Å². The zero-order chi connectivity index (χ0) is 38.5. The van der Waals surface area contributed by atoms with E-state index in [4.69, 9.17) is 0 Å². The number of benzene rings is 7. The summed E-state index contributed by atoms with van der Waals surface area (Å²) in [5, 5.41) is 5.27. The Hall–Kier alpha value is -4.94. The van der Waals surface area contributed by atoms with Gasteiger partial charge in [-0.05, 0) is 117 Å². The van der Waals surface area contributed by atoms with Gasteiger partial charge in [0.05, 0.1) is 0 Å². The van der Waals surface area contributed by atoms with Crippen molar-refractivity contribution in [1.29, 1.82) is 0 Å². The van der Waals surface area contributed by atoms with Crippen LogP contribution < -0.4 is 0 Å². The Balaban J connectivity index is 0.000000152. The van der Waals surface area contributed by atoms with Crippen molar-refractivity contribution >= 4 is 21.5 Å². The fourth-order valence-electron chi connectivity index (χ4n) is 7.68. The van der Waals surface area contributed by atoms with Crippen molar-refractivity contribution < 1.29 is 0 Å². The molecule has 0 heteroatoms. The first-order valence-corrected chi connectivity index (χ1v) is 20.2. The SMILES string of the molecule is CC(c1ccccc1)C(C)c1ccccc1.CC1CCCCC1C.Cc1ccc2ccccc2c1-c1c(C)ccc2ccccc12.Cc1ccccc1C. The zero-order valence-corrected chi connectivity index (χ0v) is 34.1. The third-order valence-corrected chi connectivity index (χ3v) is 11.9. The number of hydrogen-bond acceptors (Lipinski definition) is 0. The average Bonchev–Trinajstić information content (AvgIpc) is 3.21. The van der Waals surface area contributed by atoms with Crippen molar-refractivity contribution in [2.24, 2.45) is 11.8 Å². The second-order valence-electron chi connectivity index (χ2n) is 15.7. The predicted octanol–water partition coefficient (Wildman–Crippen LogP) is 16.0. The van der Waals surface area contributed by atoms with E-state index in [2.05, 4.69) is 213 Å². The zero-order valence-electron chi connectivity index (χ0n) is 34.1. The molecule has 0 spiro atoms. The van der Waals surface area contributed by atoms with Crippen LogP contribution in [0.1, 0.15) is 98.6 Å². The fraction of sp³-hybridized carbons (Fsp3) is 0.296. The molecule has 0 nitrogen and oxygen atoms in total. The molecule has 0 amide bonds. The number of rotatable bonds is 4. The summed E-state index contributed by atoms with van der Waals surface area (Å²) in [5.41, 5.74) is 11.0. The summed E-state index contributed by atoms with van der Waals surface area (Å²) in [5.74, 6) is 3.12. The molecular formula is C54H62. The molecule has 278 valence electrons. The Morgan fingerprint density at radius 3 is 1.06 bits per heavy atom. The lowest BCUT2D eigenvalue weighted by Crippen LogP contribution is -2.12. The van der Waals surface area contributed by atoms with Crippen molar-refractivity contribution in [3.8, 4) is 11.1 Å². The van der Waals surface area contributed by atoms with E-state index >= 15 is 0 Å². The van der Waals surface area contributed by atoms with Gasteiger partial charge in [0.2, 0.25) is 0 Å². The maximum atomic E-state index is 2.38. The van der Waals surface area contributed by atoms with E-state index in [1.54, 1.807) is 0 Å². The van der Waals surface area contributed by atoms with Crippen LogP contribution in [0.5, 0.6) is 0 Å². The van der Waals surface area contributed by atoms with Gasteiger partial charge in [0.1, 0.15) is 0 Å². The van der Waals surface area contributed by atoms with Gasteiger partial charge in [0.25, 0.3) is 0 Å².